The Labute approximate surface area is 260 Å². The zero-order valence-corrected chi connectivity index (χ0v) is 25.0. The lowest BCUT2D eigenvalue weighted by Gasteiger charge is -2.17. The third kappa shape index (κ3) is 12.8. The first kappa shape index (κ1) is 37.6. The van der Waals surface area contributed by atoms with Gasteiger partial charge in [-0.25, -0.2) is 19.6 Å². The number of carbonyl (C=O) groups is 3. The molecule has 11 nitrogen and oxygen atoms in total. The maximum absolute atomic E-state index is 13.0. The Morgan fingerprint density at radius 1 is 0.935 bits per heavy atom. The zero-order chi connectivity index (χ0) is 34.5. The summed E-state index contributed by atoms with van der Waals surface area (Å²) in [6.45, 7) is 8.99. The molecule has 0 aliphatic heterocycles. The smallest absolute Gasteiger partial charge is 0.475 e. The first-order valence-corrected chi connectivity index (χ1v) is 14.1. The SMILES string of the molecule is CCN(CC)CCCNC(=O)c1cc(-c2cnc(-c3cccnc3)nc2)cn1CC1CC1.O=C(O)C(F)(F)F.O=C(O)C(F)(F)F. The second kappa shape index (κ2) is 17.2. The zero-order valence-electron chi connectivity index (χ0n) is 25.0. The van der Waals surface area contributed by atoms with Crippen LogP contribution < -0.4 is 5.32 Å². The van der Waals surface area contributed by atoms with E-state index < -0.39 is 24.3 Å². The first-order chi connectivity index (χ1) is 21.6. The molecule has 1 fully saturated rings. The molecular weight excluding hydrogens is 626 g/mol. The number of amides is 1. The van der Waals surface area contributed by atoms with Crippen molar-refractivity contribution in [2.24, 2.45) is 5.92 Å². The van der Waals surface area contributed by atoms with Crippen LogP contribution in [0.4, 0.5) is 26.3 Å². The van der Waals surface area contributed by atoms with E-state index in [4.69, 9.17) is 19.8 Å². The van der Waals surface area contributed by atoms with Gasteiger partial charge in [0.25, 0.3) is 5.91 Å². The Balaban J connectivity index is 0.000000440. The molecule has 4 rings (SSSR count). The summed E-state index contributed by atoms with van der Waals surface area (Å²) in [6.07, 6.45) is 2.44. The molecular formula is C29H34F6N6O5. The van der Waals surface area contributed by atoms with E-state index in [0.29, 0.717) is 24.0 Å². The van der Waals surface area contributed by atoms with Crippen LogP contribution in [0.3, 0.4) is 0 Å². The summed E-state index contributed by atoms with van der Waals surface area (Å²) in [5.41, 5.74) is 3.47. The molecule has 252 valence electrons. The van der Waals surface area contributed by atoms with Gasteiger partial charge in [0.2, 0.25) is 0 Å². The number of hydrogen-bond acceptors (Lipinski definition) is 7. The minimum atomic E-state index is -5.08. The van der Waals surface area contributed by atoms with Gasteiger partial charge in [-0.05, 0) is 63.0 Å². The van der Waals surface area contributed by atoms with E-state index in [-0.39, 0.29) is 5.91 Å². The molecule has 3 aromatic rings. The predicted molar refractivity (Wildman–Crippen MR) is 154 cm³/mol. The van der Waals surface area contributed by atoms with Gasteiger partial charge in [0, 0.05) is 60.8 Å². The molecule has 0 aromatic carbocycles. The topological polar surface area (TPSA) is 151 Å². The number of rotatable bonds is 11. The van der Waals surface area contributed by atoms with Gasteiger partial charge in [-0.1, -0.05) is 13.8 Å². The van der Waals surface area contributed by atoms with E-state index in [9.17, 15) is 31.1 Å². The maximum atomic E-state index is 13.0. The van der Waals surface area contributed by atoms with Crippen LogP contribution in [-0.4, -0.2) is 91.0 Å². The van der Waals surface area contributed by atoms with Crippen LogP contribution in [0, 0.1) is 5.92 Å². The molecule has 1 saturated carbocycles. The maximum Gasteiger partial charge on any atom is 0.490 e. The minimum Gasteiger partial charge on any atom is -0.475 e. The van der Waals surface area contributed by atoms with Crippen LogP contribution in [0.25, 0.3) is 22.5 Å². The van der Waals surface area contributed by atoms with Gasteiger partial charge in [0.1, 0.15) is 5.69 Å². The third-order valence-electron chi connectivity index (χ3n) is 6.50. The Hall–Kier alpha value is -4.54. The lowest BCUT2D eigenvalue weighted by Crippen LogP contribution is -2.31. The molecule has 0 atom stereocenters. The molecule has 1 aliphatic carbocycles. The van der Waals surface area contributed by atoms with Gasteiger partial charge in [-0.15, -0.1) is 0 Å². The highest BCUT2D eigenvalue weighted by Crippen LogP contribution is 2.32. The fourth-order valence-electron chi connectivity index (χ4n) is 3.84. The average molecular weight is 661 g/mol. The number of aliphatic carboxylic acids is 2. The molecule has 1 aliphatic rings. The standard InChI is InChI=1S/C25H32N6O.2C2HF3O2/c1-3-30(4-2)12-6-11-27-25(32)23-13-21(18-31(23)17-19-8-9-19)22-15-28-24(29-16-22)20-7-5-10-26-14-20;2*3-2(4,5)1(6)7/h5,7,10,13-16,18-19H,3-4,6,8-9,11-12,17H2,1-2H3,(H,27,32);2*(H,6,7). The highest BCUT2D eigenvalue weighted by molar-refractivity contribution is 5.94. The van der Waals surface area contributed by atoms with E-state index in [1.807, 2.05) is 30.6 Å². The molecule has 46 heavy (non-hydrogen) atoms. The van der Waals surface area contributed by atoms with Crippen molar-refractivity contribution >= 4 is 17.8 Å². The van der Waals surface area contributed by atoms with Crippen LogP contribution in [0.1, 0.15) is 43.6 Å². The summed E-state index contributed by atoms with van der Waals surface area (Å²) in [4.78, 5) is 46.3. The molecule has 0 saturated heterocycles. The van der Waals surface area contributed by atoms with Gasteiger partial charge in [0.15, 0.2) is 5.82 Å². The lowest BCUT2D eigenvalue weighted by molar-refractivity contribution is -0.193. The molecule has 17 heteroatoms. The second-order valence-electron chi connectivity index (χ2n) is 9.99. The normalized spacial score (nSPS) is 12.8. The third-order valence-corrected chi connectivity index (χ3v) is 6.50. The quantitative estimate of drug-likeness (QED) is 0.188. The van der Waals surface area contributed by atoms with Crippen LogP contribution in [0.15, 0.2) is 49.2 Å². The summed E-state index contributed by atoms with van der Waals surface area (Å²) in [7, 11) is 0. The molecule has 0 bridgehead atoms. The molecule has 3 aromatic heterocycles. The summed E-state index contributed by atoms with van der Waals surface area (Å²) < 4.78 is 65.6. The molecule has 3 heterocycles. The van der Waals surface area contributed by atoms with E-state index >= 15 is 0 Å². The Morgan fingerprint density at radius 3 is 1.96 bits per heavy atom. The Bertz CT molecular complexity index is 1380. The highest BCUT2D eigenvalue weighted by atomic mass is 19.4. The number of aromatic nitrogens is 4. The van der Waals surface area contributed by atoms with Gasteiger partial charge in [0.05, 0.1) is 0 Å². The summed E-state index contributed by atoms with van der Waals surface area (Å²) >= 11 is 0. The fourth-order valence-corrected chi connectivity index (χ4v) is 3.84. The highest BCUT2D eigenvalue weighted by Gasteiger charge is 2.38. The summed E-state index contributed by atoms with van der Waals surface area (Å²) in [6, 6.07) is 5.78. The molecule has 0 unspecified atom stereocenters. The number of nitrogens with one attached hydrogen (secondary N) is 1. The van der Waals surface area contributed by atoms with Crippen molar-refractivity contribution in [2.75, 3.05) is 26.2 Å². The lowest BCUT2D eigenvalue weighted by atomic mass is 10.1. The Kier molecular flexibility index (Phi) is 14.1. The number of alkyl halides is 6. The number of carboxylic acids is 2. The Morgan fingerprint density at radius 2 is 1.50 bits per heavy atom. The van der Waals surface area contributed by atoms with Crippen molar-refractivity contribution in [1.29, 1.82) is 0 Å². The van der Waals surface area contributed by atoms with Crippen molar-refractivity contribution in [3.63, 3.8) is 0 Å². The van der Waals surface area contributed by atoms with Crippen molar-refractivity contribution < 1.29 is 50.9 Å². The minimum absolute atomic E-state index is 0.00987. The second-order valence-corrected chi connectivity index (χ2v) is 9.99. The number of carbonyl (C=O) groups excluding carboxylic acids is 1. The van der Waals surface area contributed by atoms with Crippen LogP contribution in [0.5, 0.6) is 0 Å². The van der Waals surface area contributed by atoms with Crippen LogP contribution in [-0.2, 0) is 16.1 Å². The predicted octanol–water partition coefficient (Wildman–Crippen LogP) is 5.15. The van der Waals surface area contributed by atoms with Crippen molar-refractivity contribution in [1.82, 2.24) is 29.7 Å². The first-order valence-electron chi connectivity index (χ1n) is 14.1. The van der Waals surface area contributed by atoms with Crippen LogP contribution >= 0.6 is 0 Å². The summed E-state index contributed by atoms with van der Waals surface area (Å²) in [5, 5.41) is 17.4. The number of nitrogens with zero attached hydrogens (tertiary/aromatic N) is 5. The molecule has 0 radical (unpaired) electrons. The number of hydrogen-bond donors (Lipinski definition) is 3. The fraction of sp³-hybridized carbons (Fsp3) is 0.448. The largest absolute Gasteiger partial charge is 0.490 e. The van der Waals surface area contributed by atoms with E-state index in [0.717, 1.165) is 49.3 Å². The average Bonchev–Trinajstić information content (AvgIpc) is 3.73. The van der Waals surface area contributed by atoms with Gasteiger partial charge in [-0.3, -0.25) is 9.78 Å². The van der Waals surface area contributed by atoms with E-state index in [2.05, 4.69) is 49.8 Å². The molecule has 3 N–H and O–H groups in total. The van der Waals surface area contributed by atoms with Crippen molar-refractivity contribution in [3.8, 4) is 22.5 Å². The van der Waals surface area contributed by atoms with E-state index in [1.54, 1.807) is 12.4 Å². The molecule has 1 amide bonds. The number of halogens is 6. The van der Waals surface area contributed by atoms with Crippen molar-refractivity contribution in [2.45, 2.75) is 52.0 Å². The van der Waals surface area contributed by atoms with Gasteiger partial charge < -0.3 is 25.0 Å². The summed E-state index contributed by atoms with van der Waals surface area (Å²) in [5.74, 6) is -4.21. The molecule has 0 spiro atoms. The van der Waals surface area contributed by atoms with Crippen molar-refractivity contribution in [3.05, 3.63) is 54.9 Å². The van der Waals surface area contributed by atoms with Gasteiger partial charge >= 0.3 is 24.3 Å². The monoisotopic (exact) mass is 660 g/mol. The van der Waals surface area contributed by atoms with Crippen LogP contribution in [0.2, 0.25) is 0 Å². The number of pyridine rings is 1. The van der Waals surface area contributed by atoms with E-state index in [1.165, 1.54) is 12.8 Å². The van der Waals surface area contributed by atoms with Gasteiger partial charge in [-0.2, -0.15) is 26.3 Å². The number of carboxylic acid groups (broad SMARTS) is 2.